The van der Waals surface area contributed by atoms with Gasteiger partial charge in [0, 0.05) is 24.2 Å². The van der Waals surface area contributed by atoms with E-state index in [1.807, 2.05) is 58.0 Å². The van der Waals surface area contributed by atoms with Gasteiger partial charge in [-0.3, -0.25) is 4.31 Å². The van der Waals surface area contributed by atoms with Crippen molar-refractivity contribution in [1.82, 2.24) is 4.98 Å². The molecule has 0 saturated heterocycles. The van der Waals surface area contributed by atoms with Crippen molar-refractivity contribution in [3.63, 3.8) is 0 Å². The first kappa shape index (κ1) is 25.5. The van der Waals surface area contributed by atoms with Crippen LogP contribution in [-0.4, -0.2) is 31.0 Å². The highest BCUT2D eigenvalue weighted by Gasteiger charge is 2.30. The van der Waals surface area contributed by atoms with Crippen molar-refractivity contribution < 1.29 is 23.1 Å². The van der Waals surface area contributed by atoms with Crippen LogP contribution in [0.3, 0.4) is 0 Å². The third-order valence-corrected chi connectivity index (χ3v) is 8.10. The molecule has 34 heavy (non-hydrogen) atoms. The molecular weight excluding hydrogens is 472 g/mol. The molecule has 0 fully saturated rings. The number of hydrogen-bond acceptors (Lipinski definition) is 6. The van der Waals surface area contributed by atoms with Gasteiger partial charge in [-0.05, 0) is 60.2 Å². The molecule has 1 heterocycles. The number of ether oxygens (including phenoxy) is 1. The number of carboxylic acid groups (broad SMARTS) is 1. The molecule has 0 spiro atoms. The lowest BCUT2D eigenvalue weighted by Gasteiger charge is -2.28. The van der Waals surface area contributed by atoms with E-state index in [2.05, 4.69) is 4.98 Å². The molecule has 0 saturated carbocycles. The summed E-state index contributed by atoms with van der Waals surface area (Å²) in [6, 6.07) is 11.0. The third kappa shape index (κ3) is 6.03. The van der Waals surface area contributed by atoms with Gasteiger partial charge < -0.3 is 9.84 Å². The zero-order valence-electron chi connectivity index (χ0n) is 19.6. The van der Waals surface area contributed by atoms with Gasteiger partial charge in [0.2, 0.25) is 4.34 Å². The zero-order valence-corrected chi connectivity index (χ0v) is 21.2. The van der Waals surface area contributed by atoms with Crippen LogP contribution in [0, 0.1) is 19.8 Å². The summed E-state index contributed by atoms with van der Waals surface area (Å²) in [5, 5.41) is 10.6. The van der Waals surface area contributed by atoms with E-state index in [0.717, 1.165) is 34.1 Å². The van der Waals surface area contributed by atoms with Crippen molar-refractivity contribution in [3.8, 4) is 5.75 Å². The molecule has 7 nitrogen and oxygen atoms in total. The van der Waals surface area contributed by atoms with E-state index in [9.17, 15) is 13.2 Å². The Morgan fingerprint density at radius 1 is 1.21 bits per heavy atom. The monoisotopic (exact) mass is 500 g/mol. The van der Waals surface area contributed by atoms with Crippen LogP contribution >= 0.6 is 11.3 Å². The van der Waals surface area contributed by atoms with Crippen molar-refractivity contribution in [2.24, 2.45) is 5.92 Å². The van der Waals surface area contributed by atoms with Gasteiger partial charge in [0.05, 0.1) is 5.69 Å². The number of anilines is 1. The molecule has 0 amide bonds. The maximum Gasteiger partial charge on any atom is 0.328 e. The summed E-state index contributed by atoms with van der Waals surface area (Å²) in [4.78, 5) is 15.0. The number of carbonyl (C=O) groups is 1. The normalized spacial score (nSPS) is 11.8. The minimum absolute atomic E-state index is 0.0291. The molecule has 0 unspecified atom stereocenters. The average molecular weight is 501 g/mol. The highest BCUT2D eigenvalue weighted by molar-refractivity contribution is 7.94. The molecule has 0 atom stereocenters. The topological polar surface area (TPSA) is 96.8 Å². The number of sulfonamides is 1. The molecule has 1 N–H and O–H groups in total. The van der Waals surface area contributed by atoms with E-state index < -0.39 is 16.0 Å². The minimum atomic E-state index is -3.88. The average Bonchev–Trinajstić information content (AvgIpc) is 3.33. The van der Waals surface area contributed by atoms with Gasteiger partial charge in [-0.1, -0.05) is 38.1 Å². The Hall–Kier alpha value is -3.17. The van der Waals surface area contributed by atoms with E-state index in [1.54, 1.807) is 11.4 Å². The Kier molecular flexibility index (Phi) is 8.11. The molecule has 0 bridgehead atoms. The number of aliphatic carboxylic acids is 1. The Morgan fingerprint density at radius 2 is 1.91 bits per heavy atom. The molecule has 0 aliphatic carbocycles. The first-order valence-corrected chi connectivity index (χ1v) is 13.1. The maximum atomic E-state index is 13.5. The molecule has 3 aromatic rings. The largest absolute Gasteiger partial charge is 0.487 e. The lowest BCUT2D eigenvalue weighted by atomic mass is 10.1. The van der Waals surface area contributed by atoms with Crippen LogP contribution in [-0.2, 0) is 21.4 Å². The van der Waals surface area contributed by atoms with E-state index >= 15 is 0 Å². The van der Waals surface area contributed by atoms with Crippen molar-refractivity contribution in [2.45, 2.75) is 38.6 Å². The summed E-state index contributed by atoms with van der Waals surface area (Å²) in [5.41, 5.74) is 3.85. The second-order valence-corrected chi connectivity index (χ2v) is 11.2. The molecule has 3 rings (SSSR count). The predicted molar refractivity (Wildman–Crippen MR) is 135 cm³/mol. The Labute approximate surface area is 204 Å². The number of carboxylic acids is 1. The predicted octanol–water partition coefficient (Wildman–Crippen LogP) is 5.29. The summed E-state index contributed by atoms with van der Waals surface area (Å²) in [5.74, 6) is -0.545. The van der Waals surface area contributed by atoms with E-state index in [-0.39, 0.29) is 23.4 Å². The van der Waals surface area contributed by atoms with Gasteiger partial charge in [0.15, 0.2) is 0 Å². The molecular formula is C25H28N2O5S2. The molecule has 180 valence electrons. The first-order valence-electron chi connectivity index (χ1n) is 10.7. The fraction of sp³-hybridized carbons (Fsp3) is 0.280. The van der Waals surface area contributed by atoms with Crippen LogP contribution in [0.4, 0.5) is 5.69 Å². The summed E-state index contributed by atoms with van der Waals surface area (Å²) >= 11 is 1.08. The number of thiazole rings is 1. The summed E-state index contributed by atoms with van der Waals surface area (Å²) in [6.45, 7) is 8.19. The second-order valence-electron chi connectivity index (χ2n) is 8.29. The van der Waals surface area contributed by atoms with Crippen LogP contribution in [0.15, 0.2) is 58.4 Å². The third-order valence-electron chi connectivity index (χ3n) is 5.14. The summed E-state index contributed by atoms with van der Waals surface area (Å²) in [7, 11) is -3.88. The van der Waals surface area contributed by atoms with Crippen molar-refractivity contribution in [3.05, 3.63) is 76.3 Å². The standard InChI is InChI=1S/C25H28N2O5S2/c1-17(2)15-27(34(30,31)25-26-11-12-33-25)22-13-18(3)19(4)14-23(22)32-16-21-8-6-5-7-20(21)9-10-24(28)29/h5-14,17H,15-16H2,1-4H3,(H,28,29)/b10-9+. The van der Waals surface area contributed by atoms with Gasteiger partial charge in [-0.25, -0.2) is 9.78 Å². The van der Waals surface area contributed by atoms with Crippen LogP contribution in [0.25, 0.3) is 6.08 Å². The van der Waals surface area contributed by atoms with Gasteiger partial charge in [0.25, 0.3) is 10.0 Å². The summed E-state index contributed by atoms with van der Waals surface area (Å²) < 4.78 is 34.6. The van der Waals surface area contributed by atoms with E-state index in [1.165, 1.54) is 16.6 Å². The number of aryl methyl sites for hydroxylation is 2. The van der Waals surface area contributed by atoms with Crippen LogP contribution in [0.5, 0.6) is 5.75 Å². The fourth-order valence-electron chi connectivity index (χ4n) is 3.32. The number of benzene rings is 2. The molecule has 2 aromatic carbocycles. The summed E-state index contributed by atoms with van der Waals surface area (Å²) in [6.07, 6.45) is 4.07. The highest BCUT2D eigenvalue weighted by Crippen LogP contribution is 2.36. The number of aromatic nitrogens is 1. The molecule has 1 aromatic heterocycles. The van der Waals surface area contributed by atoms with E-state index in [4.69, 9.17) is 9.84 Å². The van der Waals surface area contributed by atoms with E-state index in [0.29, 0.717) is 17.0 Å². The number of nitrogens with zero attached hydrogens (tertiary/aromatic N) is 2. The number of hydrogen-bond donors (Lipinski definition) is 1. The minimum Gasteiger partial charge on any atom is -0.487 e. The van der Waals surface area contributed by atoms with Gasteiger partial charge >= 0.3 is 5.97 Å². The fourth-order valence-corrected chi connectivity index (χ4v) is 5.88. The second kappa shape index (κ2) is 10.8. The van der Waals surface area contributed by atoms with Crippen molar-refractivity contribution >= 4 is 39.1 Å². The van der Waals surface area contributed by atoms with Crippen LogP contribution in [0.1, 0.15) is 36.1 Å². The van der Waals surface area contributed by atoms with Crippen molar-refractivity contribution in [2.75, 3.05) is 10.8 Å². The smallest absolute Gasteiger partial charge is 0.328 e. The zero-order chi connectivity index (χ0) is 24.9. The first-order chi connectivity index (χ1) is 16.1. The molecule has 0 aliphatic heterocycles. The lowest BCUT2D eigenvalue weighted by Crippen LogP contribution is -2.34. The maximum absolute atomic E-state index is 13.5. The Morgan fingerprint density at radius 3 is 2.56 bits per heavy atom. The van der Waals surface area contributed by atoms with Gasteiger partial charge in [0.1, 0.15) is 12.4 Å². The van der Waals surface area contributed by atoms with Crippen LogP contribution in [0.2, 0.25) is 0 Å². The Bertz CT molecular complexity index is 1280. The quantitative estimate of drug-likeness (QED) is 0.380. The number of rotatable bonds is 10. The molecule has 0 aliphatic rings. The highest BCUT2D eigenvalue weighted by atomic mass is 32.2. The van der Waals surface area contributed by atoms with Gasteiger partial charge in [-0.2, -0.15) is 8.42 Å². The SMILES string of the molecule is Cc1cc(OCc2ccccc2/C=C/C(=O)O)c(N(CC(C)C)S(=O)(=O)c2nccs2)cc1C. The van der Waals surface area contributed by atoms with Gasteiger partial charge in [-0.15, -0.1) is 11.3 Å². The van der Waals surface area contributed by atoms with Crippen molar-refractivity contribution in [1.29, 1.82) is 0 Å². The Balaban J connectivity index is 2.04. The van der Waals surface area contributed by atoms with Crippen LogP contribution < -0.4 is 9.04 Å². The lowest BCUT2D eigenvalue weighted by molar-refractivity contribution is -0.131. The molecule has 9 heteroatoms. The molecule has 0 radical (unpaired) electrons.